The van der Waals surface area contributed by atoms with E-state index in [9.17, 15) is 9.59 Å². The number of rotatable bonds is 6. The third-order valence-corrected chi connectivity index (χ3v) is 3.06. The van der Waals surface area contributed by atoms with Crippen LogP contribution in [0.3, 0.4) is 0 Å². The Hall–Kier alpha value is -0.100. The predicted octanol–water partition coefficient (Wildman–Crippen LogP) is 2.42. The Morgan fingerprint density at radius 3 is 1.81 bits per heavy atom. The largest absolute Gasteiger partial charge is 0.465 e. The zero-order valence-corrected chi connectivity index (χ0v) is 12.8. The van der Waals surface area contributed by atoms with Crippen molar-refractivity contribution in [3.05, 3.63) is 0 Å². The van der Waals surface area contributed by atoms with Crippen LogP contribution in [-0.4, -0.2) is 34.3 Å². The Morgan fingerprint density at radius 1 is 1.19 bits per heavy atom. The third-order valence-electron chi connectivity index (χ3n) is 1.76. The lowest BCUT2D eigenvalue weighted by molar-refractivity contribution is -0.158. The van der Waals surface area contributed by atoms with E-state index in [2.05, 4.69) is 31.9 Å². The summed E-state index contributed by atoms with van der Waals surface area (Å²) < 4.78 is 8.32. The van der Waals surface area contributed by atoms with Crippen molar-refractivity contribution in [2.24, 2.45) is 0 Å². The van der Waals surface area contributed by atoms with Crippen LogP contribution in [0.15, 0.2) is 0 Å². The van der Waals surface area contributed by atoms with Gasteiger partial charge in [0, 0.05) is 4.83 Å². The van der Waals surface area contributed by atoms with Crippen LogP contribution in [0.25, 0.3) is 0 Å². The van der Waals surface area contributed by atoms with Crippen LogP contribution >= 0.6 is 31.9 Å². The Kier molecular flexibility index (Phi) is 7.22. The Balaban J connectivity index is 4.86. The standard InChI is InChI=1S/C10H16Br2O4/c1-4-15-8(13)10(12,6-7(3)11)9(14)16-5-2/h7H,4-6H2,1-3H3. The number of ether oxygens (including phenoxy) is 2. The summed E-state index contributed by atoms with van der Waals surface area (Å²) in [4.78, 5) is 23.4. The van der Waals surface area contributed by atoms with Gasteiger partial charge in [0.2, 0.25) is 4.32 Å². The smallest absolute Gasteiger partial charge is 0.334 e. The minimum absolute atomic E-state index is 0.0133. The van der Waals surface area contributed by atoms with Gasteiger partial charge in [-0.15, -0.1) is 0 Å². The number of hydrogen-bond acceptors (Lipinski definition) is 4. The molecule has 0 fully saturated rings. The normalized spacial score (nSPS) is 13.1. The van der Waals surface area contributed by atoms with Crippen molar-refractivity contribution in [3.8, 4) is 0 Å². The van der Waals surface area contributed by atoms with Gasteiger partial charge in [-0.1, -0.05) is 38.8 Å². The molecule has 0 radical (unpaired) electrons. The fraction of sp³-hybridized carbons (Fsp3) is 0.800. The van der Waals surface area contributed by atoms with Crippen LogP contribution in [-0.2, 0) is 19.1 Å². The fourth-order valence-electron chi connectivity index (χ4n) is 1.13. The second kappa shape index (κ2) is 7.27. The summed E-state index contributed by atoms with van der Waals surface area (Å²) in [5.41, 5.74) is 0. The van der Waals surface area contributed by atoms with E-state index in [1.54, 1.807) is 13.8 Å². The Labute approximate surface area is 112 Å². The van der Waals surface area contributed by atoms with Gasteiger partial charge in [0.05, 0.1) is 13.2 Å². The molecule has 0 aliphatic heterocycles. The van der Waals surface area contributed by atoms with Crippen LogP contribution in [0.2, 0.25) is 0 Å². The first kappa shape index (κ1) is 15.9. The van der Waals surface area contributed by atoms with Gasteiger partial charge in [0.1, 0.15) is 0 Å². The van der Waals surface area contributed by atoms with Gasteiger partial charge in [-0.3, -0.25) is 0 Å². The van der Waals surface area contributed by atoms with E-state index in [4.69, 9.17) is 9.47 Å². The highest BCUT2D eigenvalue weighted by Gasteiger charge is 2.47. The van der Waals surface area contributed by atoms with Gasteiger partial charge >= 0.3 is 11.9 Å². The lowest BCUT2D eigenvalue weighted by atomic mass is 10.0. The monoisotopic (exact) mass is 358 g/mol. The zero-order valence-electron chi connectivity index (χ0n) is 9.59. The first-order valence-electron chi connectivity index (χ1n) is 5.05. The van der Waals surface area contributed by atoms with E-state index < -0.39 is 16.3 Å². The van der Waals surface area contributed by atoms with E-state index in [0.717, 1.165) is 0 Å². The van der Waals surface area contributed by atoms with Crippen LogP contribution < -0.4 is 0 Å². The maximum absolute atomic E-state index is 11.7. The number of alkyl halides is 2. The number of hydrogen-bond donors (Lipinski definition) is 0. The summed E-state index contributed by atoms with van der Waals surface area (Å²) >= 11 is 6.44. The number of esters is 2. The van der Waals surface area contributed by atoms with Crippen molar-refractivity contribution in [3.63, 3.8) is 0 Å². The molecule has 0 spiro atoms. The summed E-state index contributed by atoms with van der Waals surface area (Å²) in [6, 6.07) is 0. The molecule has 0 aromatic rings. The van der Waals surface area contributed by atoms with Crippen molar-refractivity contribution in [2.75, 3.05) is 13.2 Å². The van der Waals surface area contributed by atoms with Crippen molar-refractivity contribution in [1.82, 2.24) is 0 Å². The fourth-order valence-corrected chi connectivity index (χ4v) is 2.76. The number of halogens is 2. The summed E-state index contributed by atoms with van der Waals surface area (Å²) in [7, 11) is 0. The van der Waals surface area contributed by atoms with Gasteiger partial charge < -0.3 is 9.47 Å². The second-order valence-corrected chi connectivity index (χ2v) is 6.14. The Bertz CT molecular complexity index is 235. The maximum atomic E-state index is 11.7. The molecule has 0 bridgehead atoms. The molecule has 6 heteroatoms. The molecular weight excluding hydrogens is 344 g/mol. The summed E-state index contributed by atoms with van der Waals surface area (Å²) in [5, 5.41) is 0. The Morgan fingerprint density at radius 2 is 1.56 bits per heavy atom. The van der Waals surface area contributed by atoms with Crippen molar-refractivity contribution >= 4 is 43.8 Å². The molecule has 0 aromatic carbocycles. The van der Waals surface area contributed by atoms with Gasteiger partial charge in [0.25, 0.3) is 0 Å². The molecule has 94 valence electrons. The van der Waals surface area contributed by atoms with Gasteiger partial charge in [-0.2, -0.15) is 0 Å². The average Bonchev–Trinajstić information content (AvgIpc) is 2.17. The first-order valence-corrected chi connectivity index (χ1v) is 6.76. The molecular formula is C10H16Br2O4. The minimum atomic E-state index is -1.41. The van der Waals surface area contributed by atoms with E-state index in [-0.39, 0.29) is 24.5 Å². The van der Waals surface area contributed by atoms with Gasteiger partial charge in [-0.25, -0.2) is 9.59 Å². The number of carbonyl (C=O) groups excluding carboxylic acids is 2. The van der Waals surface area contributed by atoms with Gasteiger partial charge in [-0.05, 0) is 20.3 Å². The topological polar surface area (TPSA) is 52.6 Å². The third kappa shape index (κ3) is 4.41. The second-order valence-electron chi connectivity index (χ2n) is 3.23. The first-order chi connectivity index (χ1) is 7.38. The lowest BCUT2D eigenvalue weighted by Crippen LogP contribution is -2.44. The van der Waals surface area contributed by atoms with E-state index in [1.165, 1.54) is 0 Å². The molecule has 0 amide bonds. The molecule has 0 heterocycles. The molecule has 0 saturated heterocycles. The molecule has 0 aliphatic carbocycles. The van der Waals surface area contributed by atoms with Crippen LogP contribution in [0.4, 0.5) is 0 Å². The van der Waals surface area contributed by atoms with Crippen molar-refractivity contribution < 1.29 is 19.1 Å². The SMILES string of the molecule is CCOC(=O)C(Br)(CC(C)Br)C(=O)OCC. The van der Waals surface area contributed by atoms with Crippen LogP contribution in [0.5, 0.6) is 0 Å². The zero-order chi connectivity index (χ0) is 12.8. The highest BCUT2D eigenvalue weighted by atomic mass is 79.9. The van der Waals surface area contributed by atoms with Crippen molar-refractivity contribution in [2.45, 2.75) is 36.3 Å². The minimum Gasteiger partial charge on any atom is -0.465 e. The summed E-state index contributed by atoms with van der Waals surface area (Å²) in [6.45, 7) is 5.67. The molecule has 0 aliphatic rings. The summed E-state index contributed by atoms with van der Waals surface area (Å²) in [6.07, 6.45) is 0.269. The quantitative estimate of drug-likeness (QED) is 0.415. The molecule has 0 aromatic heterocycles. The van der Waals surface area contributed by atoms with E-state index >= 15 is 0 Å². The maximum Gasteiger partial charge on any atom is 0.334 e. The van der Waals surface area contributed by atoms with Crippen LogP contribution in [0, 0.1) is 0 Å². The molecule has 0 saturated carbocycles. The predicted molar refractivity (Wildman–Crippen MR) is 67.9 cm³/mol. The highest BCUT2D eigenvalue weighted by molar-refractivity contribution is 9.11. The molecule has 0 N–H and O–H groups in total. The molecule has 16 heavy (non-hydrogen) atoms. The average molecular weight is 360 g/mol. The van der Waals surface area contributed by atoms with E-state index in [0.29, 0.717) is 0 Å². The van der Waals surface area contributed by atoms with Gasteiger partial charge in [0.15, 0.2) is 0 Å². The van der Waals surface area contributed by atoms with E-state index in [1.807, 2.05) is 6.92 Å². The molecule has 0 rings (SSSR count). The molecule has 4 nitrogen and oxygen atoms in total. The number of carbonyl (C=O) groups is 2. The molecule has 1 unspecified atom stereocenters. The lowest BCUT2D eigenvalue weighted by Gasteiger charge is -2.24. The van der Waals surface area contributed by atoms with Crippen molar-refractivity contribution in [1.29, 1.82) is 0 Å². The molecule has 1 atom stereocenters. The summed E-state index contributed by atoms with van der Waals surface area (Å²) in [5.74, 6) is -1.22. The van der Waals surface area contributed by atoms with Crippen LogP contribution in [0.1, 0.15) is 27.2 Å². The highest BCUT2D eigenvalue weighted by Crippen LogP contribution is 2.30.